The number of aliphatic imine (C=N–C) groups is 1. The van der Waals surface area contributed by atoms with E-state index in [2.05, 4.69) is 22.1 Å². The number of hydrogen-bond acceptors (Lipinski definition) is 3. The summed E-state index contributed by atoms with van der Waals surface area (Å²) in [7, 11) is 0. The molecule has 0 amide bonds. The fraction of sp³-hybridized carbons (Fsp3) is 0.632. The van der Waals surface area contributed by atoms with Gasteiger partial charge in [-0.2, -0.15) is 0 Å². The van der Waals surface area contributed by atoms with E-state index in [9.17, 15) is 0 Å². The predicted molar refractivity (Wildman–Crippen MR) is 102 cm³/mol. The highest BCUT2D eigenvalue weighted by Gasteiger charge is 2.16. The highest BCUT2D eigenvalue weighted by atomic mass is 16.5. The second-order valence-corrected chi connectivity index (χ2v) is 6.82. The van der Waals surface area contributed by atoms with Gasteiger partial charge in [0.2, 0.25) is 0 Å². The molecule has 1 atom stereocenters. The van der Waals surface area contributed by atoms with Gasteiger partial charge in [-0.05, 0) is 70.8 Å². The third-order valence-corrected chi connectivity index (χ3v) is 4.32. The van der Waals surface area contributed by atoms with Crippen molar-refractivity contribution in [3.05, 3.63) is 24.3 Å². The Labute approximate surface area is 146 Å². The smallest absolute Gasteiger partial charge is 0.193 e. The van der Waals surface area contributed by atoms with Crippen LogP contribution in [0.4, 0.5) is 5.69 Å². The van der Waals surface area contributed by atoms with Gasteiger partial charge in [-0.1, -0.05) is 6.42 Å². The minimum atomic E-state index is 0.179. The van der Waals surface area contributed by atoms with Crippen molar-refractivity contribution in [2.75, 3.05) is 25.0 Å². The maximum absolute atomic E-state index is 5.97. The summed E-state index contributed by atoms with van der Waals surface area (Å²) in [5.41, 5.74) is 6.89. The van der Waals surface area contributed by atoms with Gasteiger partial charge in [0.1, 0.15) is 5.75 Å². The highest BCUT2D eigenvalue weighted by molar-refractivity contribution is 5.92. The lowest BCUT2D eigenvalue weighted by molar-refractivity contribution is 0.160. The van der Waals surface area contributed by atoms with E-state index in [-0.39, 0.29) is 6.10 Å². The maximum atomic E-state index is 5.97. The summed E-state index contributed by atoms with van der Waals surface area (Å²) in [6, 6.07) is 8.50. The van der Waals surface area contributed by atoms with Crippen LogP contribution in [-0.2, 0) is 0 Å². The van der Waals surface area contributed by atoms with Crippen molar-refractivity contribution < 1.29 is 4.74 Å². The Morgan fingerprint density at radius 3 is 2.75 bits per heavy atom. The monoisotopic (exact) mass is 332 g/mol. The molecule has 1 unspecified atom stereocenters. The molecule has 5 nitrogen and oxygen atoms in total. The van der Waals surface area contributed by atoms with Crippen molar-refractivity contribution in [2.45, 2.75) is 58.6 Å². The number of nitrogens with zero attached hydrogens (tertiary/aromatic N) is 2. The zero-order valence-electron chi connectivity index (χ0n) is 15.3. The van der Waals surface area contributed by atoms with Crippen LogP contribution in [0.5, 0.6) is 5.75 Å². The molecule has 0 saturated carbocycles. The van der Waals surface area contributed by atoms with E-state index in [1.165, 1.54) is 25.8 Å². The minimum Gasteiger partial charge on any atom is -0.491 e. The Kier molecular flexibility index (Phi) is 7.37. The van der Waals surface area contributed by atoms with E-state index >= 15 is 0 Å². The normalized spacial score (nSPS) is 19.5. The Morgan fingerprint density at radius 1 is 1.33 bits per heavy atom. The van der Waals surface area contributed by atoms with Gasteiger partial charge in [0.05, 0.1) is 6.10 Å². The topological polar surface area (TPSA) is 62.9 Å². The number of likely N-dealkylation sites (tertiary alicyclic amines) is 1. The van der Waals surface area contributed by atoms with Gasteiger partial charge in [-0.25, -0.2) is 0 Å². The first-order valence-corrected chi connectivity index (χ1v) is 9.12. The van der Waals surface area contributed by atoms with E-state index in [0.717, 1.165) is 30.9 Å². The number of nitrogens with one attached hydrogen (secondary N) is 1. The van der Waals surface area contributed by atoms with Crippen LogP contribution in [0.3, 0.4) is 0 Å². The molecule has 0 radical (unpaired) electrons. The lowest BCUT2D eigenvalue weighted by Gasteiger charge is -2.33. The van der Waals surface area contributed by atoms with Crippen LogP contribution < -0.4 is 15.8 Å². The van der Waals surface area contributed by atoms with Crippen molar-refractivity contribution in [3.63, 3.8) is 0 Å². The van der Waals surface area contributed by atoms with Crippen molar-refractivity contribution in [2.24, 2.45) is 10.7 Å². The molecule has 24 heavy (non-hydrogen) atoms. The molecule has 5 heteroatoms. The predicted octanol–water partition coefficient (Wildman–Crippen LogP) is 3.46. The number of rotatable bonds is 7. The van der Waals surface area contributed by atoms with Crippen molar-refractivity contribution in [3.8, 4) is 5.75 Å². The van der Waals surface area contributed by atoms with E-state index in [1.807, 2.05) is 38.1 Å². The summed E-state index contributed by atoms with van der Waals surface area (Å²) in [5, 5.41) is 3.13. The molecular weight excluding hydrogens is 300 g/mol. The summed E-state index contributed by atoms with van der Waals surface area (Å²) in [4.78, 5) is 6.99. The van der Waals surface area contributed by atoms with Crippen LogP contribution in [0.25, 0.3) is 0 Å². The Morgan fingerprint density at radius 2 is 2.08 bits per heavy atom. The SMILES string of the molecule is CC(C)Oc1ccc(NC(N)=NCCCN2CCCCC2C)cc1. The third-order valence-electron chi connectivity index (χ3n) is 4.32. The van der Waals surface area contributed by atoms with Crippen LogP contribution in [0.1, 0.15) is 46.5 Å². The van der Waals surface area contributed by atoms with Crippen LogP contribution in [0.2, 0.25) is 0 Å². The third kappa shape index (κ3) is 6.40. The molecule has 0 spiro atoms. The average molecular weight is 332 g/mol. The molecule has 0 aliphatic carbocycles. The standard InChI is InChI=1S/C19H32N4O/c1-15(2)24-18-10-8-17(9-11-18)22-19(20)21-12-6-14-23-13-5-4-7-16(23)3/h8-11,15-16H,4-7,12-14H2,1-3H3,(H3,20,21,22). The molecule has 0 aromatic heterocycles. The fourth-order valence-electron chi connectivity index (χ4n) is 3.04. The molecule has 2 rings (SSSR count). The Balaban J connectivity index is 1.71. The molecule has 134 valence electrons. The van der Waals surface area contributed by atoms with Gasteiger partial charge < -0.3 is 20.7 Å². The number of hydrogen-bond donors (Lipinski definition) is 2. The molecular formula is C19H32N4O. The van der Waals surface area contributed by atoms with Crippen LogP contribution in [0.15, 0.2) is 29.3 Å². The number of benzene rings is 1. The van der Waals surface area contributed by atoms with E-state index in [1.54, 1.807) is 0 Å². The van der Waals surface area contributed by atoms with Crippen LogP contribution in [-0.4, -0.2) is 42.6 Å². The quantitative estimate of drug-likeness (QED) is 0.456. The Bertz CT molecular complexity index is 513. The van der Waals surface area contributed by atoms with Gasteiger partial charge >= 0.3 is 0 Å². The molecule has 1 fully saturated rings. The number of piperidine rings is 1. The molecule has 1 aromatic carbocycles. The molecule has 3 N–H and O–H groups in total. The van der Waals surface area contributed by atoms with Crippen LogP contribution >= 0.6 is 0 Å². The number of guanidine groups is 1. The first-order chi connectivity index (χ1) is 11.5. The fourth-order valence-corrected chi connectivity index (χ4v) is 3.04. The summed E-state index contributed by atoms with van der Waals surface area (Å²) < 4.78 is 5.63. The van der Waals surface area contributed by atoms with Crippen molar-refractivity contribution in [1.82, 2.24) is 4.90 Å². The van der Waals surface area contributed by atoms with E-state index in [4.69, 9.17) is 10.5 Å². The highest BCUT2D eigenvalue weighted by Crippen LogP contribution is 2.17. The lowest BCUT2D eigenvalue weighted by atomic mass is 10.0. The molecule has 0 bridgehead atoms. The van der Waals surface area contributed by atoms with Gasteiger partial charge in [-0.3, -0.25) is 4.99 Å². The minimum absolute atomic E-state index is 0.179. The lowest BCUT2D eigenvalue weighted by Crippen LogP contribution is -2.38. The second-order valence-electron chi connectivity index (χ2n) is 6.82. The Hall–Kier alpha value is -1.75. The van der Waals surface area contributed by atoms with Gasteiger partial charge in [0, 0.05) is 24.8 Å². The second kappa shape index (κ2) is 9.52. The van der Waals surface area contributed by atoms with Crippen molar-refractivity contribution >= 4 is 11.6 Å². The molecule has 1 aliphatic rings. The zero-order chi connectivity index (χ0) is 17.4. The zero-order valence-corrected chi connectivity index (χ0v) is 15.3. The van der Waals surface area contributed by atoms with Crippen molar-refractivity contribution in [1.29, 1.82) is 0 Å². The first-order valence-electron chi connectivity index (χ1n) is 9.12. The van der Waals surface area contributed by atoms with E-state index < -0.39 is 0 Å². The van der Waals surface area contributed by atoms with Gasteiger partial charge in [0.25, 0.3) is 0 Å². The summed E-state index contributed by atoms with van der Waals surface area (Å²) in [6.45, 7) is 9.45. The number of nitrogens with two attached hydrogens (primary N) is 1. The molecule has 1 aliphatic heterocycles. The molecule has 1 saturated heterocycles. The summed E-state index contributed by atoms with van der Waals surface area (Å²) >= 11 is 0. The number of ether oxygens (including phenoxy) is 1. The largest absolute Gasteiger partial charge is 0.491 e. The van der Waals surface area contributed by atoms with Gasteiger partial charge in [0.15, 0.2) is 5.96 Å². The molecule has 1 aromatic rings. The van der Waals surface area contributed by atoms with E-state index in [0.29, 0.717) is 12.0 Å². The summed E-state index contributed by atoms with van der Waals surface area (Å²) in [6.07, 6.45) is 5.25. The maximum Gasteiger partial charge on any atom is 0.193 e. The number of anilines is 1. The van der Waals surface area contributed by atoms with Gasteiger partial charge in [-0.15, -0.1) is 0 Å². The summed E-state index contributed by atoms with van der Waals surface area (Å²) in [5.74, 6) is 1.33. The first kappa shape index (κ1) is 18.6. The molecule has 1 heterocycles. The average Bonchev–Trinajstić information content (AvgIpc) is 2.54. The van der Waals surface area contributed by atoms with Crippen LogP contribution in [0, 0.1) is 0 Å².